The molecule has 0 radical (unpaired) electrons. The first-order valence-electron chi connectivity index (χ1n) is 13.2. The lowest BCUT2D eigenvalue weighted by atomic mass is 9.87. The molecule has 2 fully saturated rings. The maximum atomic E-state index is 12.3. The predicted octanol–water partition coefficient (Wildman–Crippen LogP) is 3.58. The van der Waals surface area contributed by atoms with E-state index in [1.165, 1.54) is 5.56 Å². The van der Waals surface area contributed by atoms with E-state index >= 15 is 0 Å². The fourth-order valence-corrected chi connectivity index (χ4v) is 5.37. The summed E-state index contributed by atoms with van der Waals surface area (Å²) in [7, 11) is 0. The van der Waals surface area contributed by atoms with Crippen LogP contribution in [0.2, 0.25) is 0 Å². The molecule has 2 aliphatic rings. The number of hydrogen-bond donors (Lipinski definition) is 2. The lowest BCUT2D eigenvalue weighted by Crippen LogP contribution is -2.48. The molecule has 2 aromatic heterocycles. The van der Waals surface area contributed by atoms with Crippen LogP contribution in [0.15, 0.2) is 60.9 Å². The third-order valence-corrected chi connectivity index (χ3v) is 7.88. The van der Waals surface area contributed by atoms with Crippen LogP contribution in [0.1, 0.15) is 41.6 Å². The summed E-state index contributed by atoms with van der Waals surface area (Å²) in [6.45, 7) is 10.2. The van der Waals surface area contributed by atoms with Gasteiger partial charge in [0.25, 0.3) is 5.91 Å². The molecule has 10 heteroatoms. The van der Waals surface area contributed by atoms with Crippen molar-refractivity contribution in [2.24, 2.45) is 11.7 Å². The molecule has 1 aliphatic carbocycles. The van der Waals surface area contributed by atoms with E-state index in [2.05, 4.69) is 61.7 Å². The zero-order chi connectivity index (χ0) is 27.0. The Morgan fingerprint density at radius 1 is 1.10 bits per heavy atom. The van der Waals surface area contributed by atoms with Gasteiger partial charge < -0.3 is 15.9 Å². The minimum absolute atomic E-state index is 0.0238. The smallest absolute Gasteiger partial charge is 0.254 e. The van der Waals surface area contributed by atoms with Crippen molar-refractivity contribution in [1.82, 2.24) is 24.5 Å². The van der Waals surface area contributed by atoms with Gasteiger partial charge in [-0.3, -0.25) is 19.2 Å². The first-order chi connectivity index (χ1) is 19.0. The van der Waals surface area contributed by atoms with Crippen LogP contribution in [0.25, 0.3) is 21.4 Å². The monoisotopic (exact) mass is 522 g/mol. The second-order valence-corrected chi connectivity index (χ2v) is 10.6. The number of nitrogens with two attached hydrogens (primary N) is 1. The predicted molar refractivity (Wildman–Crippen MR) is 147 cm³/mol. The summed E-state index contributed by atoms with van der Waals surface area (Å²) >= 11 is 0. The van der Waals surface area contributed by atoms with E-state index in [1.807, 2.05) is 23.0 Å². The number of benzene rings is 2. The Morgan fingerprint density at radius 3 is 2.54 bits per heavy atom. The van der Waals surface area contributed by atoms with Gasteiger partial charge in [-0.05, 0) is 49.4 Å². The normalized spacial score (nSPS) is 17.1. The number of carbonyl (C=O) groups excluding carboxylic acids is 2. The van der Waals surface area contributed by atoms with E-state index in [0.29, 0.717) is 12.8 Å². The molecule has 1 saturated heterocycles. The molecule has 6 rings (SSSR count). The van der Waals surface area contributed by atoms with E-state index in [1.54, 1.807) is 10.9 Å². The van der Waals surface area contributed by atoms with Crippen molar-refractivity contribution in [2.75, 3.05) is 25.0 Å². The van der Waals surface area contributed by atoms with E-state index in [9.17, 15) is 9.59 Å². The van der Waals surface area contributed by atoms with Crippen LogP contribution in [0.3, 0.4) is 0 Å². The fourth-order valence-electron chi connectivity index (χ4n) is 5.37. The Hall–Kier alpha value is -4.49. The number of anilines is 1. The van der Waals surface area contributed by atoms with E-state index in [0.717, 1.165) is 49.1 Å². The molecular formula is C29H30N8O2. The third-order valence-electron chi connectivity index (χ3n) is 7.88. The average molecular weight is 523 g/mol. The number of rotatable bonds is 8. The highest BCUT2D eigenvalue weighted by Crippen LogP contribution is 2.34. The molecule has 1 saturated carbocycles. The van der Waals surface area contributed by atoms with Gasteiger partial charge in [-0.25, -0.2) is 11.3 Å². The maximum absolute atomic E-state index is 12.3. The molecule has 3 N–H and O–H groups in total. The van der Waals surface area contributed by atoms with Gasteiger partial charge in [0.1, 0.15) is 11.1 Å². The van der Waals surface area contributed by atoms with Crippen LogP contribution in [0, 0.1) is 12.5 Å². The number of nitrogens with one attached hydrogen (secondary N) is 1. The summed E-state index contributed by atoms with van der Waals surface area (Å²) in [6.07, 6.45) is 6.56. The van der Waals surface area contributed by atoms with Gasteiger partial charge in [-0.15, -0.1) is 0 Å². The van der Waals surface area contributed by atoms with E-state index in [-0.39, 0.29) is 29.8 Å². The van der Waals surface area contributed by atoms with Gasteiger partial charge >= 0.3 is 0 Å². The number of amides is 2. The first kappa shape index (κ1) is 24.8. The van der Waals surface area contributed by atoms with Gasteiger partial charge in [-0.1, -0.05) is 30.3 Å². The number of nitrogens with zero attached hydrogens (tertiary/aromatic N) is 6. The topological polar surface area (TPSA) is 115 Å². The SMILES string of the molecule is [C-]#[N+]CC1(n2cc(C(N)=O)c(NC(=O)C3CC3)n2)CCN(Cc2ccc(-n3ncc4ccccc43)cc2)CC1. The number of likely N-dealkylation sites (tertiary alicyclic amines) is 1. The number of aromatic nitrogens is 4. The van der Waals surface area contributed by atoms with Crippen molar-refractivity contribution in [3.8, 4) is 5.69 Å². The van der Waals surface area contributed by atoms with Gasteiger partial charge in [0.2, 0.25) is 12.5 Å². The lowest BCUT2D eigenvalue weighted by Gasteiger charge is -2.38. The van der Waals surface area contributed by atoms with Crippen LogP contribution in [0.5, 0.6) is 0 Å². The molecule has 2 aromatic carbocycles. The minimum atomic E-state index is -0.644. The van der Waals surface area contributed by atoms with Gasteiger partial charge in [0.05, 0.1) is 17.4 Å². The molecule has 39 heavy (non-hydrogen) atoms. The second kappa shape index (κ2) is 10.0. The quantitative estimate of drug-likeness (QED) is 0.343. The van der Waals surface area contributed by atoms with E-state index in [4.69, 9.17) is 12.3 Å². The number of fused-ring (bicyclic) bond motifs is 1. The maximum Gasteiger partial charge on any atom is 0.254 e. The molecule has 3 heterocycles. The summed E-state index contributed by atoms with van der Waals surface area (Å²) in [4.78, 5) is 30.5. The van der Waals surface area contributed by atoms with Crippen LogP contribution >= 0.6 is 0 Å². The van der Waals surface area contributed by atoms with Crippen LogP contribution in [-0.2, 0) is 16.9 Å². The number of primary amides is 1. The van der Waals surface area contributed by atoms with Crippen LogP contribution < -0.4 is 11.1 Å². The van der Waals surface area contributed by atoms with Crippen LogP contribution in [-0.4, -0.2) is 55.9 Å². The fraction of sp³-hybridized carbons (Fsp3) is 0.345. The molecule has 0 unspecified atom stereocenters. The minimum Gasteiger partial charge on any atom is -0.365 e. The number of para-hydroxylation sites is 1. The van der Waals surface area contributed by atoms with Crippen molar-refractivity contribution in [1.29, 1.82) is 0 Å². The lowest BCUT2D eigenvalue weighted by molar-refractivity contribution is -0.117. The third kappa shape index (κ3) is 4.89. The van der Waals surface area contributed by atoms with E-state index < -0.39 is 11.4 Å². The zero-order valence-electron chi connectivity index (χ0n) is 21.6. The Balaban J connectivity index is 1.15. The summed E-state index contributed by atoms with van der Waals surface area (Å²) < 4.78 is 3.65. The summed E-state index contributed by atoms with van der Waals surface area (Å²) in [5, 5.41) is 13.0. The number of hydrogen-bond acceptors (Lipinski definition) is 5. The number of piperidine rings is 1. The van der Waals surface area contributed by atoms with Crippen LogP contribution in [0.4, 0.5) is 5.82 Å². The Bertz CT molecular complexity index is 1570. The van der Waals surface area contributed by atoms with Crippen molar-refractivity contribution in [3.05, 3.63) is 83.5 Å². The summed E-state index contributed by atoms with van der Waals surface area (Å²) in [5.74, 6) is -0.613. The Morgan fingerprint density at radius 2 is 1.85 bits per heavy atom. The molecule has 2 amide bonds. The molecule has 0 atom stereocenters. The van der Waals surface area contributed by atoms with Gasteiger partial charge in [0.15, 0.2) is 5.82 Å². The van der Waals surface area contributed by atoms with Gasteiger partial charge in [-0.2, -0.15) is 10.2 Å². The molecule has 0 bridgehead atoms. The summed E-state index contributed by atoms with van der Waals surface area (Å²) in [6, 6.07) is 16.6. The molecule has 0 spiro atoms. The Labute approximate surface area is 226 Å². The second-order valence-electron chi connectivity index (χ2n) is 10.6. The molecule has 1 aliphatic heterocycles. The largest absolute Gasteiger partial charge is 0.365 e. The van der Waals surface area contributed by atoms with Crippen molar-refractivity contribution >= 4 is 28.5 Å². The highest BCUT2D eigenvalue weighted by atomic mass is 16.2. The number of carbonyl (C=O) groups is 2. The molecule has 10 nitrogen and oxygen atoms in total. The van der Waals surface area contributed by atoms with Crippen molar-refractivity contribution in [3.63, 3.8) is 0 Å². The zero-order valence-corrected chi connectivity index (χ0v) is 21.6. The highest BCUT2D eigenvalue weighted by Gasteiger charge is 2.41. The van der Waals surface area contributed by atoms with Crippen molar-refractivity contribution < 1.29 is 9.59 Å². The Kier molecular flexibility index (Phi) is 6.37. The van der Waals surface area contributed by atoms with Crippen molar-refractivity contribution in [2.45, 2.75) is 37.8 Å². The average Bonchev–Trinajstić information content (AvgIpc) is 3.57. The molecule has 198 valence electrons. The van der Waals surface area contributed by atoms with Gasteiger partial charge in [0, 0.05) is 37.1 Å². The first-order valence-corrected chi connectivity index (χ1v) is 13.2. The molecule has 4 aromatic rings. The summed E-state index contributed by atoms with van der Waals surface area (Å²) in [5.41, 5.74) is 8.52. The molecular weight excluding hydrogens is 492 g/mol. The standard InChI is InChI=1S/C29H30N8O2/c1-31-19-29(36-18-24(26(30)38)27(34-36)33-28(39)21-8-9-21)12-14-35(15-13-29)17-20-6-10-23(11-7-20)37-25-5-3-2-4-22(25)16-32-37/h2-7,10-11,16,18,21H,8-9,12-15,17,19H2,(H2,30,38)(H,33,34,39). The highest BCUT2D eigenvalue weighted by molar-refractivity contribution is 6.02.